The molecule has 0 spiro atoms. The fourth-order valence-electron chi connectivity index (χ4n) is 2.53. The van der Waals surface area contributed by atoms with E-state index in [9.17, 15) is 0 Å². The van der Waals surface area contributed by atoms with Crippen LogP contribution in [0, 0.1) is 13.8 Å². The third-order valence-corrected chi connectivity index (χ3v) is 3.53. The first-order valence-electron chi connectivity index (χ1n) is 7.65. The van der Waals surface area contributed by atoms with Gasteiger partial charge in [0.2, 0.25) is 0 Å². The normalized spacial score (nSPS) is 12.9. The minimum atomic E-state index is -0.191. The monoisotopic (exact) mass is 279 g/mol. The second kappa shape index (κ2) is 9.11. The number of benzene rings is 1. The molecule has 1 N–H and O–H groups in total. The lowest BCUT2D eigenvalue weighted by Crippen LogP contribution is -2.44. The summed E-state index contributed by atoms with van der Waals surface area (Å²) in [5, 5.41) is 3.51. The van der Waals surface area contributed by atoms with Crippen LogP contribution >= 0.6 is 0 Å². The lowest BCUT2D eigenvalue weighted by atomic mass is 9.96. The van der Waals surface area contributed by atoms with E-state index in [1.807, 2.05) is 13.8 Å². The first-order chi connectivity index (χ1) is 9.63. The van der Waals surface area contributed by atoms with Crippen molar-refractivity contribution in [2.24, 2.45) is 0 Å². The van der Waals surface area contributed by atoms with E-state index in [1.165, 1.54) is 16.7 Å². The highest BCUT2D eigenvalue weighted by Crippen LogP contribution is 2.18. The Labute approximate surface area is 123 Å². The summed E-state index contributed by atoms with van der Waals surface area (Å²) in [6, 6.07) is 6.63. The van der Waals surface area contributed by atoms with Gasteiger partial charge in [0.1, 0.15) is 0 Å². The van der Waals surface area contributed by atoms with Gasteiger partial charge in [-0.3, -0.25) is 0 Å². The summed E-state index contributed by atoms with van der Waals surface area (Å²) in [5.74, 6) is 0. The van der Waals surface area contributed by atoms with Gasteiger partial charge in [0.15, 0.2) is 6.29 Å². The van der Waals surface area contributed by atoms with Crippen LogP contribution in [0.2, 0.25) is 0 Å². The summed E-state index contributed by atoms with van der Waals surface area (Å²) in [6.07, 6.45) is 0.737. The summed E-state index contributed by atoms with van der Waals surface area (Å²) in [6.45, 7) is 12.7. The molecule has 0 bridgehead atoms. The van der Waals surface area contributed by atoms with E-state index in [1.54, 1.807) is 0 Å². The third kappa shape index (κ3) is 4.89. The molecule has 3 nitrogen and oxygen atoms in total. The largest absolute Gasteiger partial charge is 0.351 e. The van der Waals surface area contributed by atoms with Gasteiger partial charge in [0.05, 0.1) is 6.04 Å². The van der Waals surface area contributed by atoms with Crippen LogP contribution in [0.1, 0.15) is 37.5 Å². The molecule has 1 rings (SSSR count). The van der Waals surface area contributed by atoms with Crippen molar-refractivity contribution in [1.82, 2.24) is 5.32 Å². The first kappa shape index (κ1) is 17.2. The summed E-state index contributed by atoms with van der Waals surface area (Å²) < 4.78 is 11.5. The summed E-state index contributed by atoms with van der Waals surface area (Å²) in [4.78, 5) is 0. The van der Waals surface area contributed by atoms with E-state index in [4.69, 9.17) is 9.47 Å². The molecular formula is C17H29NO2. The highest BCUT2D eigenvalue weighted by molar-refractivity contribution is 5.34. The molecule has 1 aromatic carbocycles. The van der Waals surface area contributed by atoms with E-state index in [0.717, 1.165) is 13.0 Å². The van der Waals surface area contributed by atoms with Gasteiger partial charge in [-0.2, -0.15) is 0 Å². The van der Waals surface area contributed by atoms with E-state index >= 15 is 0 Å². The number of likely N-dealkylation sites (N-methyl/N-ethyl adjacent to an activating group) is 1. The Hall–Kier alpha value is -0.900. The Morgan fingerprint density at radius 3 is 2.00 bits per heavy atom. The predicted molar refractivity (Wildman–Crippen MR) is 84.1 cm³/mol. The molecule has 0 saturated heterocycles. The number of hydrogen-bond donors (Lipinski definition) is 1. The summed E-state index contributed by atoms with van der Waals surface area (Å²) in [7, 11) is 0. The van der Waals surface area contributed by atoms with Gasteiger partial charge in [-0.25, -0.2) is 0 Å². The highest BCUT2D eigenvalue weighted by atomic mass is 16.7. The van der Waals surface area contributed by atoms with Crippen molar-refractivity contribution >= 4 is 0 Å². The Morgan fingerprint density at radius 2 is 1.55 bits per heavy atom. The highest BCUT2D eigenvalue weighted by Gasteiger charge is 2.23. The van der Waals surface area contributed by atoms with Gasteiger partial charge in [-0.15, -0.1) is 0 Å². The van der Waals surface area contributed by atoms with Gasteiger partial charge in [0, 0.05) is 13.2 Å². The molecule has 1 atom stereocenters. The summed E-state index contributed by atoms with van der Waals surface area (Å²) in [5.41, 5.74) is 4.06. The number of hydrogen-bond acceptors (Lipinski definition) is 3. The fraction of sp³-hybridized carbons (Fsp3) is 0.647. The Morgan fingerprint density at radius 1 is 1.00 bits per heavy atom. The Bertz CT molecular complexity index is 366. The van der Waals surface area contributed by atoms with Crippen LogP contribution in [0.3, 0.4) is 0 Å². The van der Waals surface area contributed by atoms with Crippen molar-refractivity contribution in [2.75, 3.05) is 19.8 Å². The van der Waals surface area contributed by atoms with Crippen LogP contribution in [-0.4, -0.2) is 32.1 Å². The molecule has 0 amide bonds. The standard InChI is InChI=1S/C17H29NO2/c1-6-18-16(17(19-7-2)20-8-3)12-15-13(4)10-9-11-14(15)5/h9-11,16-18H,6-8,12H2,1-5H3. The van der Waals surface area contributed by atoms with Gasteiger partial charge < -0.3 is 14.8 Å². The van der Waals surface area contributed by atoms with Gasteiger partial charge in [-0.05, 0) is 57.4 Å². The van der Waals surface area contributed by atoms with Crippen molar-refractivity contribution in [3.63, 3.8) is 0 Å². The molecule has 0 saturated carbocycles. The molecule has 1 unspecified atom stereocenters. The molecule has 20 heavy (non-hydrogen) atoms. The molecule has 0 radical (unpaired) electrons. The third-order valence-electron chi connectivity index (χ3n) is 3.53. The summed E-state index contributed by atoms with van der Waals surface area (Å²) >= 11 is 0. The maximum absolute atomic E-state index is 5.76. The van der Waals surface area contributed by atoms with Gasteiger partial charge in [0.25, 0.3) is 0 Å². The first-order valence-corrected chi connectivity index (χ1v) is 7.65. The van der Waals surface area contributed by atoms with Crippen LogP contribution in [0.15, 0.2) is 18.2 Å². The fourth-order valence-corrected chi connectivity index (χ4v) is 2.53. The molecule has 0 fully saturated rings. The minimum Gasteiger partial charge on any atom is -0.351 e. The molecular weight excluding hydrogens is 250 g/mol. The molecule has 114 valence electrons. The number of aryl methyl sites for hydroxylation is 2. The predicted octanol–water partition coefficient (Wildman–Crippen LogP) is 3.22. The van der Waals surface area contributed by atoms with Crippen molar-refractivity contribution in [1.29, 1.82) is 0 Å². The molecule has 3 heteroatoms. The second-order valence-electron chi connectivity index (χ2n) is 5.02. The lowest BCUT2D eigenvalue weighted by molar-refractivity contribution is -0.153. The zero-order valence-corrected chi connectivity index (χ0v) is 13.5. The zero-order chi connectivity index (χ0) is 15.0. The van der Waals surface area contributed by atoms with E-state index in [-0.39, 0.29) is 12.3 Å². The molecule has 0 aliphatic heterocycles. The van der Waals surface area contributed by atoms with Crippen molar-refractivity contribution < 1.29 is 9.47 Å². The second-order valence-corrected chi connectivity index (χ2v) is 5.02. The van der Waals surface area contributed by atoms with Crippen LogP contribution in [0.4, 0.5) is 0 Å². The van der Waals surface area contributed by atoms with Gasteiger partial charge in [-0.1, -0.05) is 25.1 Å². The molecule has 0 aliphatic rings. The SMILES string of the molecule is CCNC(Cc1c(C)cccc1C)C(OCC)OCC. The quantitative estimate of drug-likeness (QED) is 0.704. The van der Waals surface area contributed by atoms with E-state index in [0.29, 0.717) is 13.2 Å². The lowest BCUT2D eigenvalue weighted by Gasteiger charge is -2.28. The van der Waals surface area contributed by atoms with Crippen molar-refractivity contribution in [3.8, 4) is 0 Å². The van der Waals surface area contributed by atoms with Crippen LogP contribution in [-0.2, 0) is 15.9 Å². The van der Waals surface area contributed by atoms with Crippen LogP contribution in [0.5, 0.6) is 0 Å². The molecule has 0 heterocycles. The average molecular weight is 279 g/mol. The number of nitrogens with one attached hydrogen (secondary N) is 1. The van der Waals surface area contributed by atoms with Crippen molar-refractivity contribution in [2.45, 2.75) is 53.4 Å². The van der Waals surface area contributed by atoms with E-state index in [2.05, 4.69) is 44.3 Å². The topological polar surface area (TPSA) is 30.5 Å². The van der Waals surface area contributed by atoms with Crippen molar-refractivity contribution in [3.05, 3.63) is 34.9 Å². The molecule has 0 aliphatic carbocycles. The van der Waals surface area contributed by atoms with Crippen LogP contribution in [0.25, 0.3) is 0 Å². The average Bonchev–Trinajstić information content (AvgIpc) is 2.42. The number of rotatable bonds is 9. The Balaban J connectivity index is 2.89. The Kier molecular flexibility index (Phi) is 7.82. The van der Waals surface area contributed by atoms with Crippen LogP contribution < -0.4 is 5.32 Å². The minimum absolute atomic E-state index is 0.180. The van der Waals surface area contributed by atoms with Gasteiger partial charge >= 0.3 is 0 Å². The number of ether oxygens (including phenoxy) is 2. The zero-order valence-electron chi connectivity index (χ0n) is 13.5. The molecule has 1 aromatic rings. The molecule has 0 aromatic heterocycles. The smallest absolute Gasteiger partial charge is 0.172 e. The maximum atomic E-state index is 5.76. The van der Waals surface area contributed by atoms with E-state index < -0.39 is 0 Å². The maximum Gasteiger partial charge on any atom is 0.172 e.